The van der Waals surface area contributed by atoms with Crippen LogP contribution in [0.2, 0.25) is 0 Å². The van der Waals surface area contributed by atoms with Crippen LogP contribution < -0.4 is 5.32 Å². The third-order valence-corrected chi connectivity index (χ3v) is 5.27. The maximum Gasteiger partial charge on any atom is 0.194 e. The number of hydrogen-bond acceptors (Lipinski definition) is 3. The largest absolute Gasteiger partial charge is 0.467 e. The predicted octanol–water partition coefficient (Wildman–Crippen LogP) is 3.55. The van der Waals surface area contributed by atoms with E-state index in [1.807, 2.05) is 0 Å². The Morgan fingerprint density at radius 1 is 1.38 bits per heavy atom. The van der Waals surface area contributed by atoms with Crippen molar-refractivity contribution in [3.05, 3.63) is 24.2 Å². The topological polar surface area (TPSA) is 61.0 Å². The summed E-state index contributed by atoms with van der Waals surface area (Å²) in [5.41, 5.74) is 0.508. The van der Waals surface area contributed by atoms with Crippen LogP contribution in [0.5, 0.6) is 0 Å². The van der Waals surface area contributed by atoms with Crippen molar-refractivity contribution in [2.75, 3.05) is 26.2 Å². The van der Waals surface area contributed by atoms with E-state index in [0.29, 0.717) is 17.7 Å². The van der Waals surface area contributed by atoms with Crippen molar-refractivity contribution in [1.82, 2.24) is 10.2 Å². The summed E-state index contributed by atoms with van der Waals surface area (Å²) in [7, 11) is 0. The van der Waals surface area contributed by atoms with Crippen LogP contribution in [0.25, 0.3) is 0 Å². The lowest BCUT2D eigenvalue weighted by Crippen LogP contribution is -2.41. The number of furan rings is 1. The number of likely N-dealkylation sites (tertiary alicyclic amines) is 1. The third-order valence-electron chi connectivity index (χ3n) is 5.27. The van der Waals surface area contributed by atoms with E-state index in [0.717, 1.165) is 25.6 Å². The zero-order chi connectivity index (χ0) is 16.1. The van der Waals surface area contributed by atoms with Gasteiger partial charge in [0.25, 0.3) is 0 Å². The molecule has 1 saturated carbocycles. The summed E-state index contributed by atoms with van der Waals surface area (Å²) in [6, 6.07) is 3.58. The molecule has 1 unspecified atom stereocenters. The molecule has 0 bridgehead atoms. The quantitative estimate of drug-likeness (QED) is 0.421. The Balaban J connectivity index is 0.00000208. The van der Waals surface area contributed by atoms with Gasteiger partial charge in [0.2, 0.25) is 0 Å². The number of rotatable bonds is 4. The van der Waals surface area contributed by atoms with Crippen LogP contribution in [0.1, 0.15) is 57.3 Å². The number of halogens is 1. The summed E-state index contributed by atoms with van der Waals surface area (Å²) >= 11 is 0. The zero-order valence-electron chi connectivity index (χ0n) is 14.5. The van der Waals surface area contributed by atoms with Crippen LogP contribution >= 0.6 is 24.0 Å². The van der Waals surface area contributed by atoms with Gasteiger partial charge in [-0.1, -0.05) is 19.3 Å². The van der Waals surface area contributed by atoms with Gasteiger partial charge in [-0.15, -0.1) is 24.0 Å². The summed E-state index contributed by atoms with van der Waals surface area (Å²) in [5, 5.41) is 13.5. The first-order valence-corrected chi connectivity index (χ1v) is 8.97. The first-order chi connectivity index (χ1) is 11.2. The fourth-order valence-corrected chi connectivity index (χ4v) is 4.00. The van der Waals surface area contributed by atoms with Crippen LogP contribution in [0, 0.1) is 5.41 Å². The van der Waals surface area contributed by atoms with Crippen molar-refractivity contribution >= 4 is 29.9 Å². The Labute approximate surface area is 161 Å². The molecule has 1 saturated heterocycles. The van der Waals surface area contributed by atoms with E-state index in [1.165, 1.54) is 38.5 Å². The number of nitrogens with one attached hydrogen (secondary N) is 1. The molecule has 136 valence electrons. The Kier molecular flexibility index (Phi) is 7.40. The molecule has 2 fully saturated rings. The monoisotopic (exact) mass is 447 g/mol. The molecule has 1 aliphatic heterocycles. The van der Waals surface area contributed by atoms with Crippen LogP contribution in [0.4, 0.5) is 0 Å². The van der Waals surface area contributed by atoms with E-state index in [4.69, 9.17) is 4.42 Å². The highest BCUT2D eigenvalue weighted by Crippen LogP contribution is 2.43. The Morgan fingerprint density at radius 2 is 2.17 bits per heavy atom. The SMILES string of the molecule is CCNC(=NCC(O)c1ccco1)N1CCC2(CCCCC2)C1.I. The minimum Gasteiger partial charge on any atom is -0.467 e. The van der Waals surface area contributed by atoms with Gasteiger partial charge in [-0.25, -0.2) is 4.99 Å². The molecule has 1 atom stereocenters. The normalized spacial score (nSPS) is 21.6. The fraction of sp³-hybridized carbons (Fsp3) is 0.722. The molecule has 24 heavy (non-hydrogen) atoms. The van der Waals surface area contributed by atoms with Crippen LogP contribution in [0.3, 0.4) is 0 Å². The van der Waals surface area contributed by atoms with Gasteiger partial charge in [0.1, 0.15) is 11.9 Å². The molecule has 1 aliphatic carbocycles. The van der Waals surface area contributed by atoms with Crippen LogP contribution in [0.15, 0.2) is 27.8 Å². The van der Waals surface area contributed by atoms with Crippen molar-refractivity contribution in [1.29, 1.82) is 0 Å². The first-order valence-electron chi connectivity index (χ1n) is 8.97. The molecular weight excluding hydrogens is 417 g/mol. The van der Waals surface area contributed by atoms with E-state index < -0.39 is 6.10 Å². The average molecular weight is 447 g/mol. The molecule has 1 aromatic heterocycles. The van der Waals surface area contributed by atoms with Gasteiger partial charge in [-0.2, -0.15) is 0 Å². The van der Waals surface area contributed by atoms with Crippen molar-refractivity contribution in [3.8, 4) is 0 Å². The Morgan fingerprint density at radius 3 is 2.83 bits per heavy atom. The molecule has 6 heteroatoms. The molecule has 0 radical (unpaired) electrons. The second-order valence-corrected chi connectivity index (χ2v) is 6.96. The number of aliphatic hydroxyl groups excluding tert-OH is 1. The zero-order valence-corrected chi connectivity index (χ0v) is 16.9. The summed E-state index contributed by atoms with van der Waals surface area (Å²) < 4.78 is 5.25. The summed E-state index contributed by atoms with van der Waals surface area (Å²) in [4.78, 5) is 7.03. The molecule has 2 N–H and O–H groups in total. The lowest BCUT2D eigenvalue weighted by molar-refractivity contribution is 0.158. The summed E-state index contributed by atoms with van der Waals surface area (Å²) in [5.74, 6) is 1.51. The van der Waals surface area contributed by atoms with Crippen molar-refractivity contribution < 1.29 is 9.52 Å². The van der Waals surface area contributed by atoms with Gasteiger partial charge < -0.3 is 19.7 Å². The number of aliphatic imine (C=N–C) groups is 1. The lowest BCUT2D eigenvalue weighted by atomic mass is 9.73. The minimum atomic E-state index is -0.676. The highest BCUT2D eigenvalue weighted by molar-refractivity contribution is 14.0. The number of hydrogen-bond donors (Lipinski definition) is 2. The number of guanidine groups is 1. The highest BCUT2D eigenvalue weighted by Gasteiger charge is 2.39. The van der Waals surface area contributed by atoms with E-state index in [1.54, 1.807) is 18.4 Å². The molecule has 2 aliphatic rings. The average Bonchev–Trinajstić information content (AvgIpc) is 3.23. The minimum absolute atomic E-state index is 0. The van der Waals surface area contributed by atoms with Gasteiger partial charge in [-0.05, 0) is 43.7 Å². The maximum absolute atomic E-state index is 10.2. The van der Waals surface area contributed by atoms with Gasteiger partial charge in [0.05, 0.1) is 12.8 Å². The second kappa shape index (κ2) is 9.08. The summed E-state index contributed by atoms with van der Waals surface area (Å²) in [6.45, 7) is 5.45. The van der Waals surface area contributed by atoms with E-state index in [-0.39, 0.29) is 24.0 Å². The molecular formula is C18H30IN3O2. The number of nitrogens with zero attached hydrogens (tertiary/aromatic N) is 2. The van der Waals surface area contributed by atoms with Crippen molar-refractivity contribution in [2.24, 2.45) is 10.4 Å². The van der Waals surface area contributed by atoms with Crippen LogP contribution in [-0.4, -0.2) is 42.1 Å². The van der Waals surface area contributed by atoms with E-state index >= 15 is 0 Å². The lowest BCUT2D eigenvalue weighted by Gasteiger charge is -2.33. The number of aliphatic hydroxyl groups is 1. The van der Waals surface area contributed by atoms with Gasteiger partial charge >= 0.3 is 0 Å². The fourth-order valence-electron chi connectivity index (χ4n) is 4.00. The maximum atomic E-state index is 10.2. The van der Waals surface area contributed by atoms with E-state index in [2.05, 4.69) is 22.1 Å². The molecule has 5 nitrogen and oxygen atoms in total. The van der Waals surface area contributed by atoms with Crippen LogP contribution in [-0.2, 0) is 0 Å². The van der Waals surface area contributed by atoms with Gasteiger partial charge in [-0.3, -0.25) is 0 Å². The Hall–Kier alpha value is -0.760. The molecule has 1 aromatic rings. The standard InChI is InChI=1S/C18H29N3O2.HI/c1-2-19-17(20-13-15(22)16-7-6-12-23-16)21-11-10-18(14-21)8-4-3-5-9-18;/h6-7,12,15,22H,2-5,8-11,13-14H2,1H3,(H,19,20);1H. The Bertz CT molecular complexity index is 512. The highest BCUT2D eigenvalue weighted by atomic mass is 127. The molecule has 3 rings (SSSR count). The summed E-state index contributed by atoms with van der Waals surface area (Å²) in [6.07, 6.45) is 9.04. The second-order valence-electron chi connectivity index (χ2n) is 6.96. The molecule has 1 spiro atoms. The smallest absolute Gasteiger partial charge is 0.194 e. The van der Waals surface area contributed by atoms with Crippen molar-refractivity contribution in [2.45, 2.75) is 51.6 Å². The molecule has 0 amide bonds. The molecule has 0 aromatic carbocycles. The first kappa shape index (κ1) is 19.6. The predicted molar refractivity (Wildman–Crippen MR) is 107 cm³/mol. The third kappa shape index (κ3) is 4.65. The van der Waals surface area contributed by atoms with Gasteiger partial charge in [0.15, 0.2) is 5.96 Å². The van der Waals surface area contributed by atoms with Crippen molar-refractivity contribution in [3.63, 3.8) is 0 Å². The van der Waals surface area contributed by atoms with E-state index in [9.17, 15) is 5.11 Å². The van der Waals surface area contributed by atoms with Gasteiger partial charge in [0, 0.05) is 19.6 Å². The molecule has 2 heterocycles.